The third-order valence-electron chi connectivity index (χ3n) is 3.29. The minimum atomic E-state index is 0.406. The molecular weight excluding hydrogens is 332 g/mol. The number of halogens is 1. The molecule has 3 N–H and O–H groups in total. The van der Waals surface area contributed by atoms with Gasteiger partial charge in [-0.05, 0) is 55.7 Å². The Morgan fingerprint density at radius 1 is 1.05 bits per heavy atom. The van der Waals surface area contributed by atoms with Crippen molar-refractivity contribution >= 4 is 44.5 Å². The van der Waals surface area contributed by atoms with Crippen LogP contribution in [-0.2, 0) is 0 Å². The predicted octanol–water partition coefficient (Wildman–Crippen LogP) is 4.75. The Labute approximate surface area is 133 Å². The summed E-state index contributed by atoms with van der Waals surface area (Å²) in [7, 11) is 0. The lowest BCUT2D eigenvalue weighted by molar-refractivity contribution is 1.33. The molecule has 2 aromatic rings. The minimum Gasteiger partial charge on any atom is -0.389 e. The number of benzene rings is 2. The van der Waals surface area contributed by atoms with Crippen LogP contribution in [0.25, 0.3) is 0 Å². The van der Waals surface area contributed by atoms with Gasteiger partial charge >= 0.3 is 0 Å². The highest BCUT2D eigenvalue weighted by molar-refractivity contribution is 9.10. The molecule has 0 aromatic heterocycles. The fraction of sp³-hybridized carbons (Fsp3) is 0.188. The summed E-state index contributed by atoms with van der Waals surface area (Å²) in [5.74, 6) is 0. The molecule has 2 nitrogen and oxygen atoms in total. The summed E-state index contributed by atoms with van der Waals surface area (Å²) in [4.78, 5) is 0.406. The average molecular weight is 349 g/mol. The molecule has 0 spiro atoms. The van der Waals surface area contributed by atoms with E-state index in [1.54, 1.807) is 0 Å². The van der Waals surface area contributed by atoms with E-state index in [9.17, 15) is 0 Å². The minimum absolute atomic E-state index is 0.406. The normalized spacial score (nSPS) is 10.4. The van der Waals surface area contributed by atoms with Crippen LogP contribution < -0.4 is 11.1 Å². The lowest BCUT2D eigenvalue weighted by Crippen LogP contribution is -2.13. The van der Waals surface area contributed by atoms with Crippen LogP contribution in [0.1, 0.15) is 22.3 Å². The van der Waals surface area contributed by atoms with Crippen LogP contribution >= 0.6 is 28.1 Å². The van der Waals surface area contributed by atoms with Gasteiger partial charge in [-0.25, -0.2) is 0 Å². The maximum atomic E-state index is 5.82. The molecule has 0 aliphatic carbocycles. The van der Waals surface area contributed by atoms with Crippen molar-refractivity contribution in [2.75, 3.05) is 5.32 Å². The van der Waals surface area contributed by atoms with E-state index in [1.807, 2.05) is 25.1 Å². The molecule has 0 aliphatic rings. The van der Waals surface area contributed by atoms with Gasteiger partial charge in [0.1, 0.15) is 4.99 Å². The number of hydrogen-bond acceptors (Lipinski definition) is 2. The molecule has 0 bridgehead atoms. The molecule has 0 saturated heterocycles. The monoisotopic (exact) mass is 348 g/mol. The van der Waals surface area contributed by atoms with E-state index >= 15 is 0 Å². The van der Waals surface area contributed by atoms with Crippen molar-refractivity contribution in [2.24, 2.45) is 5.73 Å². The van der Waals surface area contributed by atoms with Crippen LogP contribution in [0.2, 0.25) is 0 Å². The third-order valence-corrected chi connectivity index (χ3v) is 3.96. The number of rotatable bonds is 3. The van der Waals surface area contributed by atoms with E-state index in [-0.39, 0.29) is 0 Å². The number of nitrogens with two attached hydrogens (primary N) is 1. The first kappa shape index (κ1) is 15.0. The lowest BCUT2D eigenvalue weighted by atomic mass is 10.0. The molecule has 20 heavy (non-hydrogen) atoms. The number of anilines is 2. The highest BCUT2D eigenvalue weighted by Crippen LogP contribution is 2.31. The average Bonchev–Trinajstić information content (AvgIpc) is 2.34. The first-order chi connectivity index (χ1) is 9.40. The highest BCUT2D eigenvalue weighted by atomic mass is 79.9. The Morgan fingerprint density at radius 3 is 2.20 bits per heavy atom. The molecule has 2 aromatic carbocycles. The Hall–Kier alpha value is -1.39. The molecule has 0 heterocycles. The van der Waals surface area contributed by atoms with Crippen LogP contribution in [0.15, 0.2) is 34.8 Å². The zero-order valence-corrected chi connectivity index (χ0v) is 14.2. The van der Waals surface area contributed by atoms with E-state index in [1.165, 1.54) is 11.1 Å². The van der Waals surface area contributed by atoms with Crippen LogP contribution in [0.4, 0.5) is 11.4 Å². The van der Waals surface area contributed by atoms with Crippen molar-refractivity contribution in [3.8, 4) is 0 Å². The Kier molecular flexibility index (Phi) is 4.45. The van der Waals surface area contributed by atoms with E-state index < -0.39 is 0 Å². The SMILES string of the molecule is Cc1cc(Br)cc(C)c1Nc1c(C)cccc1C(N)=S. The third kappa shape index (κ3) is 3.02. The van der Waals surface area contributed by atoms with E-state index in [2.05, 4.69) is 47.2 Å². The zero-order valence-electron chi connectivity index (χ0n) is 11.8. The summed E-state index contributed by atoms with van der Waals surface area (Å²) >= 11 is 8.66. The largest absolute Gasteiger partial charge is 0.389 e. The maximum Gasteiger partial charge on any atom is 0.106 e. The summed E-state index contributed by atoms with van der Waals surface area (Å²) in [5, 5.41) is 3.50. The fourth-order valence-electron chi connectivity index (χ4n) is 2.27. The zero-order chi connectivity index (χ0) is 14.9. The summed E-state index contributed by atoms with van der Waals surface area (Å²) in [5.41, 5.74) is 12.2. The summed E-state index contributed by atoms with van der Waals surface area (Å²) < 4.78 is 1.08. The fourth-order valence-corrected chi connectivity index (χ4v) is 3.13. The van der Waals surface area contributed by atoms with Gasteiger partial charge in [0.25, 0.3) is 0 Å². The van der Waals surface area contributed by atoms with Crippen LogP contribution in [0.3, 0.4) is 0 Å². The van der Waals surface area contributed by atoms with Gasteiger partial charge in [-0.2, -0.15) is 0 Å². The lowest BCUT2D eigenvalue weighted by Gasteiger charge is -2.18. The second-order valence-electron chi connectivity index (χ2n) is 4.90. The number of para-hydroxylation sites is 1. The number of nitrogens with one attached hydrogen (secondary N) is 1. The Bertz CT molecular complexity index is 657. The number of aryl methyl sites for hydroxylation is 3. The van der Waals surface area contributed by atoms with Gasteiger partial charge in [-0.15, -0.1) is 0 Å². The van der Waals surface area contributed by atoms with Crippen molar-refractivity contribution in [3.05, 3.63) is 57.1 Å². The molecule has 0 saturated carbocycles. The second-order valence-corrected chi connectivity index (χ2v) is 6.26. The molecule has 104 valence electrons. The van der Waals surface area contributed by atoms with Crippen LogP contribution in [0, 0.1) is 20.8 Å². The summed E-state index contributed by atoms with van der Waals surface area (Å²) in [6.45, 7) is 6.21. The van der Waals surface area contributed by atoms with Gasteiger partial charge in [0, 0.05) is 15.7 Å². The standard InChI is InChI=1S/C16H17BrN2S/c1-9-5-4-6-13(16(18)20)15(9)19-14-10(2)7-12(17)8-11(14)3/h4-8,19H,1-3H3,(H2,18,20). The van der Waals surface area contributed by atoms with E-state index in [0.29, 0.717) is 4.99 Å². The highest BCUT2D eigenvalue weighted by Gasteiger charge is 2.11. The van der Waals surface area contributed by atoms with E-state index in [4.69, 9.17) is 18.0 Å². The Morgan fingerprint density at radius 2 is 1.65 bits per heavy atom. The van der Waals surface area contributed by atoms with Crippen LogP contribution in [-0.4, -0.2) is 4.99 Å². The van der Waals surface area contributed by atoms with Crippen molar-refractivity contribution in [1.82, 2.24) is 0 Å². The van der Waals surface area contributed by atoms with Gasteiger partial charge in [-0.3, -0.25) is 0 Å². The first-order valence-corrected chi connectivity index (χ1v) is 7.53. The molecule has 0 atom stereocenters. The van der Waals surface area contributed by atoms with Gasteiger partial charge < -0.3 is 11.1 Å². The molecule has 0 aliphatic heterocycles. The van der Waals surface area contributed by atoms with Crippen molar-refractivity contribution in [2.45, 2.75) is 20.8 Å². The maximum absolute atomic E-state index is 5.82. The molecule has 0 fully saturated rings. The second kappa shape index (κ2) is 5.94. The Balaban J connectivity index is 2.53. The summed E-state index contributed by atoms with van der Waals surface area (Å²) in [6, 6.07) is 10.1. The number of thiocarbonyl (C=S) groups is 1. The quantitative estimate of drug-likeness (QED) is 0.785. The molecule has 0 unspecified atom stereocenters. The molecule has 0 amide bonds. The van der Waals surface area contributed by atoms with Gasteiger partial charge in [-0.1, -0.05) is 40.3 Å². The summed E-state index contributed by atoms with van der Waals surface area (Å²) in [6.07, 6.45) is 0. The molecule has 0 radical (unpaired) electrons. The molecule has 4 heteroatoms. The van der Waals surface area contributed by atoms with Gasteiger partial charge in [0.05, 0.1) is 5.69 Å². The van der Waals surface area contributed by atoms with E-state index in [0.717, 1.165) is 27.0 Å². The predicted molar refractivity (Wildman–Crippen MR) is 94.0 cm³/mol. The van der Waals surface area contributed by atoms with Crippen LogP contribution in [0.5, 0.6) is 0 Å². The molecular formula is C16H17BrN2S. The van der Waals surface area contributed by atoms with Crippen molar-refractivity contribution < 1.29 is 0 Å². The van der Waals surface area contributed by atoms with Crippen molar-refractivity contribution in [1.29, 1.82) is 0 Å². The van der Waals surface area contributed by atoms with Crippen molar-refractivity contribution in [3.63, 3.8) is 0 Å². The first-order valence-electron chi connectivity index (χ1n) is 6.33. The smallest absolute Gasteiger partial charge is 0.106 e. The number of hydrogen-bond donors (Lipinski definition) is 2. The topological polar surface area (TPSA) is 38.0 Å². The van der Waals surface area contributed by atoms with Gasteiger partial charge in [0.2, 0.25) is 0 Å². The molecule has 2 rings (SSSR count). The van der Waals surface area contributed by atoms with Gasteiger partial charge in [0.15, 0.2) is 0 Å².